The third kappa shape index (κ3) is 2.91. The van der Waals surface area contributed by atoms with Gasteiger partial charge in [-0.05, 0) is 17.7 Å². The van der Waals surface area contributed by atoms with Crippen LogP contribution in [0.3, 0.4) is 0 Å². The van der Waals surface area contributed by atoms with Gasteiger partial charge in [-0.2, -0.15) is 4.57 Å². The second kappa shape index (κ2) is 7.12. The minimum Gasteiger partial charge on any atom is -0.496 e. The molecule has 134 valence electrons. The van der Waals surface area contributed by atoms with Gasteiger partial charge in [0.15, 0.2) is 11.9 Å². The van der Waals surface area contributed by atoms with E-state index in [0.29, 0.717) is 0 Å². The summed E-state index contributed by atoms with van der Waals surface area (Å²) < 4.78 is 13.6. The Morgan fingerprint density at radius 1 is 0.704 bits per heavy atom. The zero-order valence-corrected chi connectivity index (χ0v) is 15.8. The maximum absolute atomic E-state index is 5.72. The van der Waals surface area contributed by atoms with Gasteiger partial charge in [-0.25, -0.2) is 0 Å². The van der Waals surface area contributed by atoms with Gasteiger partial charge < -0.3 is 9.47 Å². The Kier molecular flexibility index (Phi) is 4.51. The van der Waals surface area contributed by atoms with Crippen LogP contribution in [0.1, 0.15) is 5.69 Å². The lowest BCUT2D eigenvalue weighted by molar-refractivity contribution is -0.600. The molecule has 1 heterocycles. The van der Waals surface area contributed by atoms with E-state index in [1.807, 2.05) is 24.3 Å². The van der Waals surface area contributed by atoms with E-state index >= 15 is 0 Å². The molecule has 3 nitrogen and oxygen atoms in total. The highest BCUT2D eigenvalue weighted by Crippen LogP contribution is 2.40. The zero-order valence-electron chi connectivity index (χ0n) is 15.8. The molecule has 3 aromatic carbocycles. The number of fused-ring (bicyclic) bond motifs is 1. The van der Waals surface area contributed by atoms with Crippen molar-refractivity contribution in [3.05, 3.63) is 84.7 Å². The van der Waals surface area contributed by atoms with Crippen LogP contribution in [-0.2, 0) is 0 Å². The summed E-state index contributed by atoms with van der Waals surface area (Å²) in [5.41, 5.74) is 4.55. The predicted molar refractivity (Wildman–Crippen MR) is 109 cm³/mol. The highest BCUT2D eigenvalue weighted by atomic mass is 16.5. The first kappa shape index (κ1) is 17.1. The molecule has 0 amide bonds. The monoisotopic (exact) mass is 356 g/mol. The van der Waals surface area contributed by atoms with Gasteiger partial charge in [0.25, 0.3) is 0 Å². The smallest absolute Gasteiger partial charge is 0.210 e. The van der Waals surface area contributed by atoms with Crippen molar-refractivity contribution in [1.82, 2.24) is 0 Å². The molecular weight excluding hydrogens is 334 g/mol. The summed E-state index contributed by atoms with van der Waals surface area (Å²) in [4.78, 5) is 0. The summed E-state index contributed by atoms with van der Waals surface area (Å²) >= 11 is 0. The molecule has 0 saturated carbocycles. The van der Waals surface area contributed by atoms with Gasteiger partial charge in [0.2, 0.25) is 5.69 Å². The van der Waals surface area contributed by atoms with Crippen molar-refractivity contribution >= 4 is 10.8 Å². The van der Waals surface area contributed by atoms with Crippen LogP contribution >= 0.6 is 0 Å². The molecule has 0 N–H and O–H groups in total. The van der Waals surface area contributed by atoms with Crippen molar-refractivity contribution in [1.29, 1.82) is 0 Å². The summed E-state index contributed by atoms with van der Waals surface area (Å²) in [6.45, 7) is 2.15. The van der Waals surface area contributed by atoms with Crippen molar-refractivity contribution < 1.29 is 14.0 Å². The fourth-order valence-corrected chi connectivity index (χ4v) is 3.66. The van der Waals surface area contributed by atoms with Crippen molar-refractivity contribution in [2.75, 3.05) is 14.2 Å². The van der Waals surface area contributed by atoms with Crippen LogP contribution in [0.2, 0.25) is 0 Å². The molecule has 0 saturated heterocycles. The first-order valence-electron chi connectivity index (χ1n) is 8.95. The fourth-order valence-electron chi connectivity index (χ4n) is 3.66. The van der Waals surface area contributed by atoms with E-state index in [1.165, 1.54) is 0 Å². The number of ether oxygens (including phenoxy) is 2. The Morgan fingerprint density at radius 2 is 1.30 bits per heavy atom. The number of rotatable bonds is 4. The predicted octanol–water partition coefficient (Wildman–Crippen LogP) is 5.11. The topological polar surface area (TPSA) is 22.3 Å². The van der Waals surface area contributed by atoms with Gasteiger partial charge in [-0.3, -0.25) is 0 Å². The lowest BCUT2D eigenvalue weighted by Gasteiger charge is -2.15. The normalized spacial score (nSPS) is 10.8. The molecule has 0 bridgehead atoms. The van der Waals surface area contributed by atoms with Gasteiger partial charge in [0.05, 0.1) is 25.2 Å². The third-order valence-electron chi connectivity index (χ3n) is 4.94. The van der Waals surface area contributed by atoms with Crippen LogP contribution in [-0.4, -0.2) is 14.2 Å². The zero-order chi connectivity index (χ0) is 18.8. The summed E-state index contributed by atoms with van der Waals surface area (Å²) in [5.74, 6) is 1.67. The first-order valence-corrected chi connectivity index (χ1v) is 8.95. The van der Waals surface area contributed by atoms with Crippen LogP contribution in [0.25, 0.3) is 27.6 Å². The number of aromatic nitrogens is 1. The second-order valence-corrected chi connectivity index (χ2v) is 6.42. The quantitative estimate of drug-likeness (QED) is 0.474. The molecule has 0 aliphatic carbocycles. The molecule has 0 fully saturated rings. The minimum atomic E-state index is 0.827. The number of nitrogens with zero attached hydrogens (tertiary/aromatic N) is 1. The number of hydrogen-bond acceptors (Lipinski definition) is 2. The van der Waals surface area contributed by atoms with E-state index in [2.05, 4.69) is 66.2 Å². The molecule has 1 aromatic heterocycles. The highest BCUT2D eigenvalue weighted by Gasteiger charge is 2.24. The largest absolute Gasteiger partial charge is 0.496 e. The third-order valence-corrected chi connectivity index (χ3v) is 4.94. The molecule has 4 rings (SSSR count). The Labute approximate surface area is 159 Å². The van der Waals surface area contributed by atoms with Crippen molar-refractivity contribution in [2.45, 2.75) is 6.92 Å². The SMILES string of the molecule is COc1ccc(OC)c2c(-c3ccccc3)c(C)[n+](-c3ccccc3)cc12. The van der Waals surface area contributed by atoms with E-state index in [1.54, 1.807) is 14.2 Å². The van der Waals surface area contributed by atoms with Crippen LogP contribution in [0.5, 0.6) is 11.5 Å². The van der Waals surface area contributed by atoms with E-state index < -0.39 is 0 Å². The Balaban J connectivity index is 2.19. The van der Waals surface area contributed by atoms with Crippen molar-refractivity contribution in [3.63, 3.8) is 0 Å². The lowest BCUT2D eigenvalue weighted by atomic mass is 9.96. The molecule has 0 atom stereocenters. The highest BCUT2D eigenvalue weighted by molar-refractivity contribution is 6.03. The Morgan fingerprint density at radius 3 is 1.93 bits per heavy atom. The van der Waals surface area contributed by atoms with Gasteiger partial charge in [0, 0.05) is 24.4 Å². The van der Waals surface area contributed by atoms with E-state index in [-0.39, 0.29) is 0 Å². The molecule has 3 heteroatoms. The van der Waals surface area contributed by atoms with E-state index in [0.717, 1.165) is 44.8 Å². The molecule has 27 heavy (non-hydrogen) atoms. The van der Waals surface area contributed by atoms with Crippen molar-refractivity contribution in [3.8, 4) is 28.3 Å². The van der Waals surface area contributed by atoms with E-state index in [4.69, 9.17) is 9.47 Å². The fraction of sp³-hybridized carbons (Fsp3) is 0.125. The summed E-state index contributed by atoms with van der Waals surface area (Å²) in [7, 11) is 3.42. The van der Waals surface area contributed by atoms with Gasteiger partial charge in [0.1, 0.15) is 11.5 Å². The van der Waals surface area contributed by atoms with Crippen LogP contribution in [0, 0.1) is 6.92 Å². The minimum absolute atomic E-state index is 0.827. The summed E-state index contributed by atoms with van der Waals surface area (Å²) in [5, 5.41) is 2.08. The number of benzene rings is 3. The number of methoxy groups -OCH3 is 2. The Bertz CT molecular complexity index is 1090. The first-order chi connectivity index (χ1) is 13.2. The number of pyridine rings is 1. The Hall–Kier alpha value is -3.33. The molecular formula is C24H22NO2+. The maximum Gasteiger partial charge on any atom is 0.210 e. The molecule has 0 unspecified atom stereocenters. The average Bonchev–Trinajstić information content (AvgIpc) is 2.73. The van der Waals surface area contributed by atoms with Gasteiger partial charge >= 0.3 is 0 Å². The van der Waals surface area contributed by atoms with Crippen LogP contribution in [0.15, 0.2) is 79.0 Å². The van der Waals surface area contributed by atoms with Crippen molar-refractivity contribution in [2.24, 2.45) is 0 Å². The molecule has 0 aliphatic rings. The summed E-state index contributed by atoms with van der Waals surface area (Å²) in [6.07, 6.45) is 2.13. The molecule has 0 aliphatic heterocycles. The molecule has 0 radical (unpaired) electrons. The number of hydrogen-bond donors (Lipinski definition) is 0. The number of para-hydroxylation sites is 1. The average molecular weight is 356 g/mol. The second-order valence-electron chi connectivity index (χ2n) is 6.42. The molecule has 4 aromatic rings. The standard InChI is InChI=1S/C24H22NO2/c1-17-23(18-10-6-4-7-11-18)24-20(21(26-2)14-15-22(24)27-3)16-25(17)19-12-8-5-9-13-19/h4-16H,1-3H3/q+1. The summed E-state index contributed by atoms with van der Waals surface area (Å²) in [6, 6.07) is 24.7. The van der Waals surface area contributed by atoms with Crippen LogP contribution in [0.4, 0.5) is 0 Å². The van der Waals surface area contributed by atoms with Crippen LogP contribution < -0.4 is 14.0 Å². The lowest BCUT2D eigenvalue weighted by Crippen LogP contribution is -2.34. The molecule has 0 spiro atoms. The van der Waals surface area contributed by atoms with E-state index in [9.17, 15) is 0 Å². The van der Waals surface area contributed by atoms with Gasteiger partial charge in [-0.15, -0.1) is 0 Å². The maximum atomic E-state index is 5.72. The van der Waals surface area contributed by atoms with Gasteiger partial charge in [-0.1, -0.05) is 48.5 Å².